The molecule has 7 heteroatoms. The Kier molecular flexibility index (Phi) is 2.75. The first-order valence-electron chi connectivity index (χ1n) is 4.85. The van der Waals surface area contributed by atoms with E-state index in [2.05, 4.69) is 5.32 Å². The van der Waals surface area contributed by atoms with Crippen LogP contribution in [0.1, 0.15) is 0 Å². The number of rotatable bonds is 0. The fourth-order valence-electron chi connectivity index (χ4n) is 1.60. The number of para-hydroxylation sites is 2. The van der Waals surface area contributed by atoms with E-state index in [1.165, 1.54) is 0 Å². The predicted molar refractivity (Wildman–Crippen MR) is 59.8 cm³/mol. The van der Waals surface area contributed by atoms with E-state index in [0.717, 1.165) is 4.90 Å². The van der Waals surface area contributed by atoms with E-state index in [4.69, 9.17) is 5.84 Å². The summed E-state index contributed by atoms with van der Waals surface area (Å²) in [5.74, 6) is 2.70. The Balaban J connectivity index is 2.39. The molecular weight excluding hydrogens is 224 g/mol. The normalized spacial score (nSPS) is 13.7. The minimum absolute atomic E-state index is 0.205. The molecule has 1 aliphatic heterocycles. The van der Waals surface area contributed by atoms with Crippen LogP contribution in [-0.4, -0.2) is 24.3 Å². The number of hydrazine groups is 1. The zero-order chi connectivity index (χ0) is 12.4. The van der Waals surface area contributed by atoms with Gasteiger partial charge >= 0.3 is 11.8 Å². The fourth-order valence-corrected chi connectivity index (χ4v) is 1.60. The van der Waals surface area contributed by atoms with Gasteiger partial charge in [-0.15, -0.1) is 0 Å². The van der Waals surface area contributed by atoms with Gasteiger partial charge in [-0.2, -0.15) is 0 Å². The molecule has 0 aliphatic carbocycles. The van der Waals surface area contributed by atoms with Crippen molar-refractivity contribution in [3.63, 3.8) is 0 Å². The van der Waals surface area contributed by atoms with Gasteiger partial charge in [-0.1, -0.05) is 12.1 Å². The number of nitrogens with zero attached hydrogens (tertiary/aromatic N) is 1. The molecule has 1 heterocycles. The van der Waals surface area contributed by atoms with E-state index in [9.17, 15) is 14.4 Å². The van der Waals surface area contributed by atoms with Crippen LogP contribution in [0.3, 0.4) is 0 Å². The minimum atomic E-state index is -0.963. The van der Waals surface area contributed by atoms with Gasteiger partial charge in [0.15, 0.2) is 0 Å². The highest BCUT2D eigenvalue weighted by Gasteiger charge is 2.30. The van der Waals surface area contributed by atoms with Crippen LogP contribution in [0.2, 0.25) is 0 Å². The van der Waals surface area contributed by atoms with Crippen LogP contribution in [0.4, 0.5) is 11.4 Å². The standard InChI is InChI=1S/C10H10N4O3/c11-13-9(16)10(17)14-5-8(15)12-6-3-1-2-4-7(6)14/h1-4H,5,11H2,(H,12,15)(H,13,16). The van der Waals surface area contributed by atoms with Gasteiger partial charge in [0, 0.05) is 0 Å². The summed E-state index contributed by atoms with van der Waals surface area (Å²) in [5.41, 5.74) is 2.71. The molecule has 0 saturated carbocycles. The molecule has 88 valence electrons. The first kappa shape index (κ1) is 11.1. The molecule has 0 spiro atoms. The first-order valence-corrected chi connectivity index (χ1v) is 4.85. The summed E-state index contributed by atoms with van der Waals surface area (Å²) in [4.78, 5) is 35.3. The third-order valence-electron chi connectivity index (χ3n) is 2.34. The third-order valence-corrected chi connectivity index (χ3v) is 2.34. The van der Waals surface area contributed by atoms with Gasteiger partial charge in [-0.05, 0) is 12.1 Å². The number of nitrogens with one attached hydrogen (secondary N) is 2. The number of hydrogen-bond acceptors (Lipinski definition) is 4. The molecule has 17 heavy (non-hydrogen) atoms. The van der Waals surface area contributed by atoms with E-state index in [1.54, 1.807) is 29.7 Å². The largest absolute Gasteiger partial charge is 0.323 e. The zero-order valence-electron chi connectivity index (χ0n) is 8.77. The summed E-state index contributed by atoms with van der Waals surface area (Å²) >= 11 is 0. The van der Waals surface area contributed by atoms with Crippen LogP contribution >= 0.6 is 0 Å². The van der Waals surface area contributed by atoms with E-state index in [0.29, 0.717) is 11.4 Å². The molecule has 0 saturated heterocycles. The summed E-state index contributed by atoms with van der Waals surface area (Å²) in [6.45, 7) is -0.205. The van der Waals surface area contributed by atoms with Gasteiger partial charge in [0.1, 0.15) is 6.54 Å². The van der Waals surface area contributed by atoms with E-state index in [-0.39, 0.29) is 12.5 Å². The topological polar surface area (TPSA) is 105 Å². The molecule has 7 nitrogen and oxygen atoms in total. The molecule has 0 bridgehead atoms. The molecule has 0 radical (unpaired) electrons. The van der Waals surface area contributed by atoms with Crippen LogP contribution in [0.5, 0.6) is 0 Å². The van der Waals surface area contributed by atoms with Crippen molar-refractivity contribution in [1.82, 2.24) is 5.43 Å². The number of carbonyl (C=O) groups excluding carboxylic acids is 3. The van der Waals surface area contributed by atoms with Crippen molar-refractivity contribution in [2.45, 2.75) is 0 Å². The molecule has 1 aromatic carbocycles. The van der Waals surface area contributed by atoms with E-state index in [1.807, 2.05) is 0 Å². The molecule has 2 rings (SSSR count). The molecule has 1 aromatic rings. The second-order valence-electron chi connectivity index (χ2n) is 3.43. The lowest BCUT2D eigenvalue weighted by molar-refractivity contribution is -0.138. The number of amides is 3. The van der Waals surface area contributed by atoms with Crippen molar-refractivity contribution in [3.05, 3.63) is 24.3 Å². The highest BCUT2D eigenvalue weighted by molar-refractivity contribution is 6.41. The van der Waals surface area contributed by atoms with E-state index >= 15 is 0 Å². The SMILES string of the molecule is NNC(=O)C(=O)N1CC(=O)Nc2ccccc21. The monoisotopic (exact) mass is 234 g/mol. The number of fused-ring (bicyclic) bond motifs is 1. The Hall–Kier alpha value is -2.41. The summed E-state index contributed by atoms with van der Waals surface area (Å²) in [6.07, 6.45) is 0. The number of anilines is 2. The molecular formula is C10H10N4O3. The van der Waals surface area contributed by atoms with Gasteiger partial charge in [-0.3, -0.25) is 24.7 Å². The summed E-state index contributed by atoms with van der Waals surface area (Å²) < 4.78 is 0. The van der Waals surface area contributed by atoms with Crippen LogP contribution in [-0.2, 0) is 14.4 Å². The van der Waals surface area contributed by atoms with Crippen molar-refractivity contribution >= 4 is 29.1 Å². The second-order valence-corrected chi connectivity index (χ2v) is 3.43. The van der Waals surface area contributed by atoms with Crippen molar-refractivity contribution in [1.29, 1.82) is 0 Å². The van der Waals surface area contributed by atoms with Gasteiger partial charge in [0.25, 0.3) is 0 Å². The molecule has 0 unspecified atom stereocenters. The van der Waals surface area contributed by atoms with Crippen molar-refractivity contribution in [2.75, 3.05) is 16.8 Å². The number of hydrogen-bond donors (Lipinski definition) is 3. The van der Waals surface area contributed by atoms with Gasteiger partial charge in [0.05, 0.1) is 11.4 Å². The Morgan fingerprint density at radius 2 is 2.06 bits per heavy atom. The molecule has 0 atom stereocenters. The molecule has 0 aromatic heterocycles. The van der Waals surface area contributed by atoms with Gasteiger partial charge < -0.3 is 5.32 Å². The fraction of sp³-hybridized carbons (Fsp3) is 0.100. The Morgan fingerprint density at radius 1 is 1.35 bits per heavy atom. The third kappa shape index (κ3) is 1.95. The smallest absolute Gasteiger partial charge is 0.323 e. The second kappa shape index (κ2) is 4.22. The first-order chi connectivity index (χ1) is 8.13. The Morgan fingerprint density at radius 3 is 2.76 bits per heavy atom. The Bertz CT molecular complexity index is 500. The highest BCUT2D eigenvalue weighted by Crippen LogP contribution is 2.28. The Labute approximate surface area is 96.5 Å². The predicted octanol–water partition coefficient (Wildman–Crippen LogP) is -1.04. The van der Waals surface area contributed by atoms with E-state index < -0.39 is 11.8 Å². The number of nitrogens with two attached hydrogens (primary N) is 1. The van der Waals surface area contributed by atoms with Gasteiger partial charge in [-0.25, -0.2) is 5.84 Å². The maximum absolute atomic E-state index is 11.7. The van der Waals surface area contributed by atoms with Crippen LogP contribution in [0.25, 0.3) is 0 Å². The zero-order valence-corrected chi connectivity index (χ0v) is 8.77. The molecule has 1 aliphatic rings. The number of carbonyl (C=O) groups is 3. The summed E-state index contributed by atoms with van der Waals surface area (Å²) in [6, 6.07) is 6.70. The summed E-state index contributed by atoms with van der Waals surface area (Å²) in [7, 11) is 0. The van der Waals surface area contributed by atoms with Crippen LogP contribution in [0.15, 0.2) is 24.3 Å². The minimum Gasteiger partial charge on any atom is -0.323 e. The quantitative estimate of drug-likeness (QED) is 0.231. The van der Waals surface area contributed by atoms with Crippen molar-refractivity contribution < 1.29 is 14.4 Å². The van der Waals surface area contributed by atoms with Gasteiger partial charge in [0.2, 0.25) is 5.91 Å². The lowest BCUT2D eigenvalue weighted by atomic mass is 10.2. The lowest BCUT2D eigenvalue weighted by Crippen LogP contribution is -2.50. The maximum Gasteiger partial charge on any atom is 0.323 e. The van der Waals surface area contributed by atoms with Crippen molar-refractivity contribution in [2.24, 2.45) is 5.84 Å². The van der Waals surface area contributed by atoms with Crippen LogP contribution < -0.4 is 21.5 Å². The molecule has 3 amide bonds. The lowest BCUT2D eigenvalue weighted by Gasteiger charge is -2.28. The molecule has 4 N–H and O–H groups in total. The maximum atomic E-state index is 11.7. The van der Waals surface area contributed by atoms with Crippen molar-refractivity contribution in [3.8, 4) is 0 Å². The highest BCUT2D eigenvalue weighted by atomic mass is 16.2. The average Bonchev–Trinajstić information content (AvgIpc) is 2.35. The van der Waals surface area contributed by atoms with Crippen LogP contribution in [0, 0.1) is 0 Å². The molecule has 0 fully saturated rings. The summed E-state index contributed by atoms with van der Waals surface area (Å²) in [5, 5.41) is 2.61. The average molecular weight is 234 g/mol. The number of benzene rings is 1.